The molecule has 0 unspecified atom stereocenters. The third kappa shape index (κ3) is 17.6. The first kappa shape index (κ1) is 42.1. The second-order valence-corrected chi connectivity index (χ2v) is 20.7. The largest absolute Gasteiger partial charge is 0.494 e. The monoisotopic (exact) mass is 814 g/mol. The fourth-order valence-corrected chi connectivity index (χ4v) is 13.9. The van der Waals surface area contributed by atoms with Crippen LogP contribution < -0.4 is 9.47 Å². The fourth-order valence-electron chi connectivity index (χ4n) is 6.08. The van der Waals surface area contributed by atoms with Gasteiger partial charge in [0.15, 0.2) is 0 Å². The molecule has 0 aliphatic carbocycles. The second-order valence-electron chi connectivity index (χ2n) is 13.5. The number of nitrogens with zero attached hydrogens (tertiary/aromatic N) is 2. The minimum absolute atomic E-state index is 0.773. The lowest BCUT2D eigenvalue weighted by Gasteiger charge is -2.07. The van der Waals surface area contributed by atoms with Gasteiger partial charge >= 0.3 is 0 Å². The maximum Gasteiger partial charge on any atom is 0.119 e. The third-order valence-electron chi connectivity index (χ3n) is 9.14. The molecule has 5 aliphatic rings. The van der Waals surface area contributed by atoms with Crippen molar-refractivity contribution in [3.8, 4) is 11.5 Å². The number of ether oxygens (including phenoxy) is 2. The van der Waals surface area contributed by atoms with Crippen molar-refractivity contribution in [3.05, 3.63) is 76.3 Å². The molecule has 5 heterocycles. The quantitative estimate of drug-likeness (QED) is 0.261. The minimum atomic E-state index is 0.773. The summed E-state index contributed by atoms with van der Waals surface area (Å²) >= 11 is 12.0. The summed E-state index contributed by atoms with van der Waals surface area (Å²) in [7, 11) is 0. The molecule has 0 saturated carbocycles. The van der Waals surface area contributed by atoms with Crippen molar-refractivity contribution in [1.29, 1.82) is 0 Å². The van der Waals surface area contributed by atoms with Crippen LogP contribution in [0.5, 0.6) is 11.5 Å². The molecular weight excluding hydrogens is 757 g/mol. The van der Waals surface area contributed by atoms with Crippen molar-refractivity contribution in [2.45, 2.75) is 128 Å². The second kappa shape index (κ2) is 26.7. The van der Waals surface area contributed by atoms with Crippen LogP contribution in [0.4, 0.5) is 11.4 Å². The first-order valence-electron chi connectivity index (χ1n) is 19.8. The maximum atomic E-state index is 5.98. The zero-order valence-electron chi connectivity index (χ0n) is 30.9. The molecule has 284 valence electrons. The van der Waals surface area contributed by atoms with Gasteiger partial charge in [0.2, 0.25) is 0 Å². The van der Waals surface area contributed by atoms with E-state index in [4.69, 9.17) is 9.47 Å². The predicted octanol–water partition coefficient (Wildman–Crippen LogP) is 16.8. The van der Waals surface area contributed by atoms with Crippen LogP contribution in [0.2, 0.25) is 0 Å². The predicted molar refractivity (Wildman–Crippen MR) is 239 cm³/mol. The smallest absolute Gasteiger partial charge is 0.119 e. The summed E-state index contributed by atoms with van der Waals surface area (Å²) in [6.07, 6.45) is 26.4. The van der Waals surface area contributed by atoms with Crippen LogP contribution in [0.15, 0.2) is 86.5 Å². The van der Waals surface area contributed by atoms with E-state index < -0.39 is 0 Å². The summed E-state index contributed by atoms with van der Waals surface area (Å²) in [5.74, 6) is 4.31. The molecule has 0 fully saturated rings. The molecule has 2 aromatic rings. The van der Waals surface area contributed by atoms with Crippen LogP contribution in [0, 0.1) is 0 Å². The number of thioether (sulfide) groups is 6. The van der Waals surface area contributed by atoms with E-state index in [1.54, 1.807) is 0 Å². The maximum absolute atomic E-state index is 5.98. The molecule has 8 bridgehead atoms. The van der Waals surface area contributed by atoms with Crippen molar-refractivity contribution in [1.82, 2.24) is 0 Å². The van der Waals surface area contributed by atoms with E-state index in [1.165, 1.54) is 144 Å². The zero-order valence-corrected chi connectivity index (χ0v) is 35.8. The highest BCUT2D eigenvalue weighted by molar-refractivity contribution is 8.40. The average molecular weight is 815 g/mol. The molecular formula is C42H58N2O2S6. The molecule has 10 heteroatoms. The van der Waals surface area contributed by atoms with E-state index in [-0.39, 0.29) is 0 Å². The Hall–Kier alpha value is -1.04. The molecule has 7 rings (SSSR count). The standard InChI is InChI=1S/C42H58N2O2S6/c1-3-7-11-15-19-31-47-39-33-49-41(51-39)42-50-34-40(52-42)48-32-20-16-12-8-4-2-6-10-14-18-30-46-38-27-23-36(24-28-38)44-43-35-21-25-37(26-22-35)45-29-17-13-9-5-1/h21-28,33-34H,1-20,29-32H2/b42-41-,44-43?. The fraction of sp³-hybridized carbons (Fsp3) is 0.571. The van der Waals surface area contributed by atoms with Gasteiger partial charge in [-0.05, 0) is 96.5 Å². The molecule has 4 nitrogen and oxygen atoms in total. The molecule has 0 atom stereocenters. The van der Waals surface area contributed by atoms with Gasteiger partial charge in [-0.3, -0.25) is 0 Å². The van der Waals surface area contributed by atoms with Crippen molar-refractivity contribution in [3.63, 3.8) is 0 Å². The highest BCUT2D eigenvalue weighted by Crippen LogP contribution is 2.58. The van der Waals surface area contributed by atoms with Gasteiger partial charge in [0.1, 0.15) is 11.5 Å². The van der Waals surface area contributed by atoms with Gasteiger partial charge < -0.3 is 9.47 Å². The van der Waals surface area contributed by atoms with Gasteiger partial charge in [-0.15, -0.1) is 23.5 Å². The topological polar surface area (TPSA) is 43.2 Å². The summed E-state index contributed by atoms with van der Waals surface area (Å²) in [5, 5.41) is 13.6. The number of azo groups is 1. The van der Waals surface area contributed by atoms with Crippen LogP contribution in [0.3, 0.4) is 0 Å². The lowest BCUT2D eigenvalue weighted by Crippen LogP contribution is -1.97. The molecule has 0 N–H and O–H groups in total. The van der Waals surface area contributed by atoms with Crippen LogP contribution in [0.25, 0.3) is 0 Å². The lowest BCUT2D eigenvalue weighted by molar-refractivity contribution is 0.304. The Balaban J connectivity index is 0.978. The Morgan fingerprint density at radius 2 is 0.712 bits per heavy atom. The Kier molecular flexibility index (Phi) is 21.6. The van der Waals surface area contributed by atoms with Crippen LogP contribution in [0.1, 0.15) is 128 Å². The average Bonchev–Trinajstić information content (AvgIpc) is 3.85. The number of rotatable bonds is 0. The Labute approximate surface area is 340 Å². The number of benzene rings is 2. The summed E-state index contributed by atoms with van der Waals surface area (Å²) in [6.45, 7) is 1.55. The molecule has 0 aromatic heterocycles. The molecule has 0 spiro atoms. The van der Waals surface area contributed by atoms with Crippen LogP contribution >= 0.6 is 70.6 Å². The van der Waals surface area contributed by atoms with Crippen molar-refractivity contribution >= 4 is 81.9 Å². The molecule has 52 heavy (non-hydrogen) atoms. The molecule has 0 saturated heterocycles. The zero-order chi connectivity index (χ0) is 35.7. The highest BCUT2D eigenvalue weighted by atomic mass is 32.2. The Morgan fingerprint density at radius 1 is 0.385 bits per heavy atom. The van der Waals surface area contributed by atoms with Gasteiger partial charge in [-0.2, -0.15) is 10.2 Å². The minimum Gasteiger partial charge on any atom is -0.494 e. The van der Waals surface area contributed by atoms with Gasteiger partial charge in [0.05, 0.1) is 41.5 Å². The summed E-state index contributed by atoms with van der Waals surface area (Å²) in [5.41, 5.74) is 1.65. The first-order chi connectivity index (χ1) is 25.8. The van der Waals surface area contributed by atoms with E-state index in [0.717, 1.165) is 48.9 Å². The van der Waals surface area contributed by atoms with Crippen molar-refractivity contribution < 1.29 is 9.47 Å². The molecule has 0 radical (unpaired) electrons. The Bertz CT molecular complexity index is 1310. The number of hydrogen-bond donors (Lipinski definition) is 0. The highest BCUT2D eigenvalue weighted by Gasteiger charge is 2.22. The third-order valence-corrected chi connectivity index (χ3v) is 17.3. The molecule has 2 aromatic carbocycles. The molecule has 5 aliphatic heterocycles. The van der Waals surface area contributed by atoms with Gasteiger partial charge in [-0.1, -0.05) is 150 Å². The first-order valence-corrected chi connectivity index (χ1v) is 25.1. The number of fused-ring (bicyclic) bond motifs is 2. The summed E-state index contributed by atoms with van der Waals surface area (Å²) < 4.78 is 17.9. The van der Waals surface area contributed by atoms with Crippen molar-refractivity contribution in [2.24, 2.45) is 10.2 Å². The molecule has 0 amide bonds. The summed E-state index contributed by atoms with van der Waals surface area (Å²) in [6, 6.07) is 15.8. The van der Waals surface area contributed by atoms with Gasteiger partial charge in [-0.25, -0.2) is 0 Å². The van der Waals surface area contributed by atoms with Crippen LogP contribution in [-0.4, -0.2) is 24.7 Å². The SMILES string of the molecule is C1=C2SCCCCCCCCCCCCOc3ccc(cc3)N=Nc3ccc(cc3)OCCCCCCCCCCCCSC3=CS/C(=C(\S1)S2)S3. The lowest BCUT2D eigenvalue weighted by atomic mass is 10.1. The Morgan fingerprint density at radius 3 is 1.08 bits per heavy atom. The van der Waals surface area contributed by atoms with Crippen molar-refractivity contribution in [2.75, 3.05) is 24.7 Å². The van der Waals surface area contributed by atoms with E-state index in [0.29, 0.717) is 0 Å². The normalized spacial score (nSPS) is 22.5. The summed E-state index contributed by atoms with van der Waals surface area (Å²) in [4.78, 5) is 0. The van der Waals surface area contributed by atoms with Gasteiger partial charge in [0.25, 0.3) is 0 Å². The van der Waals surface area contributed by atoms with E-state index >= 15 is 0 Å². The van der Waals surface area contributed by atoms with Gasteiger partial charge in [0, 0.05) is 0 Å². The van der Waals surface area contributed by atoms with E-state index in [1.807, 2.05) is 95.6 Å². The van der Waals surface area contributed by atoms with E-state index in [9.17, 15) is 0 Å². The van der Waals surface area contributed by atoms with Crippen LogP contribution in [-0.2, 0) is 0 Å². The van der Waals surface area contributed by atoms with E-state index in [2.05, 4.69) is 44.6 Å². The number of hydrogen-bond acceptors (Lipinski definition) is 10.